The number of carboxylic acid groups (broad SMARTS) is 1. The van der Waals surface area contributed by atoms with Crippen molar-refractivity contribution in [2.45, 2.75) is 13.1 Å². The van der Waals surface area contributed by atoms with Crippen molar-refractivity contribution < 1.29 is 23.1 Å². The minimum atomic E-state index is -4.39. The average Bonchev–Trinajstić information content (AvgIpc) is 2.40. The number of carbonyl (C=O) groups is 1. The summed E-state index contributed by atoms with van der Waals surface area (Å²) < 4.78 is 37.4. The van der Waals surface area contributed by atoms with Gasteiger partial charge in [-0.1, -0.05) is 11.6 Å². The first kappa shape index (κ1) is 14.9. The van der Waals surface area contributed by atoms with Crippen LogP contribution in [0.5, 0.6) is 0 Å². The van der Waals surface area contributed by atoms with Crippen LogP contribution >= 0.6 is 0 Å². The van der Waals surface area contributed by atoms with Gasteiger partial charge in [0.2, 0.25) is 0 Å². The largest absolute Gasteiger partial charge is 0.478 e. The van der Waals surface area contributed by atoms with Gasteiger partial charge in [0.05, 0.1) is 16.8 Å². The smallest absolute Gasteiger partial charge is 0.416 e. The van der Waals surface area contributed by atoms with Gasteiger partial charge in [-0.25, -0.2) is 4.79 Å². The maximum atomic E-state index is 12.5. The van der Waals surface area contributed by atoms with Crippen molar-refractivity contribution in [1.29, 1.82) is 0 Å². The number of rotatable bonds is 3. The van der Waals surface area contributed by atoms with Crippen molar-refractivity contribution in [3.05, 3.63) is 59.2 Å². The molecule has 0 saturated heterocycles. The van der Waals surface area contributed by atoms with E-state index in [1.807, 2.05) is 0 Å². The van der Waals surface area contributed by atoms with Crippen LogP contribution in [0.2, 0.25) is 0 Å². The Labute approximate surface area is 119 Å². The Hall–Kier alpha value is -2.50. The second-order valence-electron chi connectivity index (χ2n) is 4.55. The van der Waals surface area contributed by atoms with E-state index < -0.39 is 17.7 Å². The molecule has 0 spiro atoms. The molecule has 0 radical (unpaired) electrons. The monoisotopic (exact) mass is 295 g/mol. The fraction of sp³-hybridized carbons (Fsp3) is 0.133. The number of halogens is 3. The molecular weight excluding hydrogens is 283 g/mol. The summed E-state index contributed by atoms with van der Waals surface area (Å²) >= 11 is 0. The predicted octanol–water partition coefficient (Wildman–Crippen LogP) is 4.46. The molecule has 0 bridgehead atoms. The van der Waals surface area contributed by atoms with E-state index in [2.05, 4.69) is 5.32 Å². The van der Waals surface area contributed by atoms with Crippen LogP contribution in [0.1, 0.15) is 21.5 Å². The van der Waals surface area contributed by atoms with Crippen molar-refractivity contribution >= 4 is 17.3 Å². The molecule has 2 aromatic rings. The van der Waals surface area contributed by atoms with Crippen molar-refractivity contribution in [2.75, 3.05) is 5.32 Å². The van der Waals surface area contributed by atoms with Crippen LogP contribution in [-0.2, 0) is 6.18 Å². The van der Waals surface area contributed by atoms with Crippen LogP contribution in [-0.4, -0.2) is 11.1 Å². The molecule has 0 fully saturated rings. The zero-order valence-corrected chi connectivity index (χ0v) is 11.0. The quantitative estimate of drug-likeness (QED) is 0.879. The first-order chi connectivity index (χ1) is 9.77. The molecule has 21 heavy (non-hydrogen) atoms. The van der Waals surface area contributed by atoms with Crippen LogP contribution in [0.4, 0.5) is 24.5 Å². The molecule has 0 aliphatic rings. The number of nitrogens with one attached hydrogen (secondary N) is 1. The highest BCUT2D eigenvalue weighted by Crippen LogP contribution is 2.30. The average molecular weight is 295 g/mol. The molecule has 2 aromatic carbocycles. The lowest BCUT2D eigenvalue weighted by Crippen LogP contribution is -2.05. The summed E-state index contributed by atoms with van der Waals surface area (Å²) in [4.78, 5) is 11.2. The summed E-state index contributed by atoms with van der Waals surface area (Å²) in [6.45, 7) is 1.76. The molecule has 0 atom stereocenters. The van der Waals surface area contributed by atoms with Gasteiger partial charge >= 0.3 is 12.1 Å². The number of carboxylic acids is 1. The zero-order valence-electron chi connectivity index (χ0n) is 11.0. The summed E-state index contributed by atoms with van der Waals surface area (Å²) in [5.41, 5.74) is 0.804. The number of alkyl halides is 3. The predicted molar refractivity (Wildman–Crippen MR) is 72.9 cm³/mol. The molecule has 0 aromatic heterocycles. The van der Waals surface area contributed by atoms with Gasteiger partial charge in [-0.2, -0.15) is 13.2 Å². The molecule has 110 valence electrons. The van der Waals surface area contributed by atoms with Crippen molar-refractivity contribution in [3.8, 4) is 0 Å². The Balaban J connectivity index is 2.28. The maximum Gasteiger partial charge on any atom is 0.416 e. The van der Waals surface area contributed by atoms with Crippen LogP contribution < -0.4 is 5.32 Å². The topological polar surface area (TPSA) is 49.3 Å². The fourth-order valence-electron chi connectivity index (χ4n) is 1.84. The van der Waals surface area contributed by atoms with Gasteiger partial charge in [0, 0.05) is 5.69 Å². The molecule has 0 saturated carbocycles. The molecule has 6 heteroatoms. The lowest BCUT2D eigenvalue weighted by atomic mass is 10.1. The number of aromatic carboxylic acids is 1. The van der Waals surface area contributed by atoms with Gasteiger partial charge in [0.25, 0.3) is 0 Å². The van der Waals surface area contributed by atoms with Crippen molar-refractivity contribution in [2.24, 2.45) is 0 Å². The minimum absolute atomic E-state index is 0.0647. The van der Waals surface area contributed by atoms with E-state index in [9.17, 15) is 18.0 Å². The molecule has 0 amide bonds. The summed E-state index contributed by atoms with van der Waals surface area (Å²) in [5.74, 6) is -1.10. The molecule has 2 N–H and O–H groups in total. The lowest BCUT2D eigenvalue weighted by Gasteiger charge is -2.12. The fourth-order valence-corrected chi connectivity index (χ4v) is 1.84. The Morgan fingerprint density at radius 1 is 1.10 bits per heavy atom. The number of benzene rings is 2. The van der Waals surface area contributed by atoms with E-state index in [1.54, 1.807) is 19.1 Å². The summed E-state index contributed by atoms with van der Waals surface area (Å²) in [5, 5.41) is 11.9. The van der Waals surface area contributed by atoms with Gasteiger partial charge < -0.3 is 10.4 Å². The highest BCUT2D eigenvalue weighted by molar-refractivity contribution is 5.95. The van der Waals surface area contributed by atoms with Crippen molar-refractivity contribution in [1.82, 2.24) is 0 Å². The summed E-state index contributed by atoms with van der Waals surface area (Å²) in [7, 11) is 0. The van der Waals surface area contributed by atoms with Crippen LogP contribution in [0, 0.1) is 6.92 Å². The Morgan fingerprint density at radius 3 is 2.24 bits per heavy atom. The van der Waals surface area contributed by atoms with E-state index in [4.69, 9.17) is 5.11 Å². The lowest BCUT2D eigenvalue weighted by molar-refractivity contribution is -0.137. The Bertz CT molecular complexity index is 664. The number of hydrogen-bond acceptors (Lipinski definition) is 2. The SMILES string of the molecule is Cc1ccc(Nc2ccc(C(F)(F)F)cc2)c(C(=O)O)c1. The van der Waals surface area contributed by atoms with Crippen molar-refractivity contribution in [3.63, 3.8) is 0 Å². The maximum absolute atomic E-state index is 12.5. The van der Waals surface area contributed by atoms with E-state index >= 15 is 0 Å². The summed E-state index contributed by atoms with van der Waals surface area (Å²) in [6.07, 6.45) is -4.39. The van der Waals surface area contributed by atoms with Crippen LogP contribution in [0.3, 0.4) is 0 Å². The molecule has 0 heterocycles. The Kier molecular flexibility index (Phi) is 3.88. The molecular formula is C15H12F3NO2. The van der Waals surface area contributed by atoms with Gasteiger partial charge in [0.1, 0.15) is 0 Å². The molecule has 0 aliphatic heterocycles. The normalized spacial score (nSPS) is 11.2. The van der Waals surface area contributed by atoms with E-state index in [0.29, 0.717) is 11.4 Å². The third kappa shape index (κ3) is 3.53. The van der Waals surface area contributed by atoms with Gasteiger partial charge in [-0.15, -0.1) is 0 Å². The van der Waals surface area contributed by atoms with E-state index in [0.717, 1.165) is 17.7 Å². The number of anilines is 2. The second-order valence-corrected chi connectivity index (χ2v) is 4.55. The zero-order chi connectivity index (χ0) is 15.6. The third-order valence-corrected chi connectivity index (χ3v) is 2.90. The van der Waals surface area contributed by atoms with E-state index in [1.165, 1.54) is 18.2 Å². The Morgan fingerprint density at radius 2 is 1.71 bits per heavy atom. The number of hydrogen-bond donors (Lipinski definition) is 2. The summed E-state index contributed by atoms with van der Waals surface area (Å²) in [6, 6.07) is 9.20. The molecule has 0 unspecified atom stereocenters. The first-order valence-corrected chi connectivity index (χ1v) is 6.05. The highest BCUT2D eigenvalue weighted by Gasteiger charge is 2.29. The molecule has 3 nitrogen and oxygen atoms in total. The highest BCUT2D eigenvalue weighted by atomic mass is 19.4. The van der Waals surface area contributed by atoms with Crippen LogP contribution in [0.15, 0.2) is 42.5 Å². The van der Waals surface area contributed by atoms with E-state index in [-0.39, 0.29) is 5.56 Å². The molecule has 2 rings (SSSR count). The third-order valence-electron chi connectivity index (χ3n) is 2.90. The van der Waals surface area contributed by atoms with Crippen LogP contribution in [0.25, 0.3) is 0 Å². The minimum Gasteiger partial charge on any atom is -0.478 e. The second kappa shape index (κ2) is 5.47. The van der Waals surface area contributed by atoms with Gasteiger partial charge in [0.15, 0.2) is 0 Å². The standard InChI is InChI=1S/C15H12F3NO2/c1-9-2-7-13(12(8-9)14(20)21)19-11-5-3-10(4-6-11)15(16,17)18/h2-8,19H,1H3,(H,20,21). The van der Waals surface area contributed by atoms with Gasteiger partial charge in [-0.3, -0.25) is 0 Å². The first-order valence-electron chi connectivity index (χ1n) is 6.05. The van der Waals surface area contributed by atoms with Gasteiger partial charge in [-0.05, 0) is 43.3 Å². The molecule has 0 aliphatic carbocycles. The number of aryl methyl sites for hydroxylation is 1.